The van der Waals surface area contributed by atoms with Gasteiger partial charge in [-0.2, -0.15) is 13.2 Å². The van der Waals surface area contributed by atoms with Crippen molar-refractivity contribution in [3.63, 3.8) is 0 Å². The predicted molar refractivity (Wildman–Crippen MR) is 129 cm³/mol. The second-order valence-electron chi connectivity index (χ2n) is 9.80. The van der Waals surface area contributed by atoms with Crippen molar-refractivity contribution in [1.82, 2.24) is 9.80 Å². The normalized spacial score (nSPS) is 19.8. The Bertz CT molecular complexity index is 946. The van der Waals surface area contributed by atoms with Gasteiger partial charge in [0.25, 0.3) is 0 Å². The maximum atomic E-state index is 13.6. The van der Waals surface area contributed by atoms with Crippen LogP contribution >= 0.6 is 0 Å². The smallest absolute Gasteiger partial charge is 0.298 e. The molecule has 1 saturated heterocycles. The largest absolute Gasteiger partial charge is 0.416 e. The highest BCUT2D eigenvalue weighted by Crippen LogP contribution is 2.34. The first-order valence-corrected chi connectivity index (χ1v) is 12.6. The maximum Gasteiger partial charge on any atom is 0.416 e. The summed E-state index contributed by atoms with van der Waals surface area (Å²) in [6.07, 6.45) is 2.23. The summed E-state index contributed by atoms with van der Waals surface area (Å²) < 4.78 is 40.7. The van der Waals surface area contributed by atoms with Crippen LogP contribution in [0, 0.1) is 6.92 Å². The van der Waals surface area contributed by atoms with Crippen molar-refractivity contribution in [2.45, 2.75) is 70.1 Å². The Balaban J connectivity index is 1.46. The van der Waals surface area contributed by atoms with Crippen LogP contribution in [0.4, 0.5) is 13.2 Å². The van der Waals surface area contributed by atoms with Crippen LogP contribution in [0.1, 0.15) is 66.8 Å². The molecular formula is C28H35F3N2O. The van der Waals surface area contributed by atoms with E-state index < -0.39 is 17.8 Å². The number of hydrogen-bond donors (Lipinski definition) is 0. The van der Waals surface area contributed by atoms with E-state index in [9.17, 15) is 18.0 Å². The van der Waals surface area contributed by atoms with Gasteiger partial charge < -0.3 is 0 Å². The SMILES string of the molecule is Cc1ccc(CCC(=O)C(c2ccccc2)N2CCN(C3CCCCC3)CC2)c(C(F)(F)F)c1. The third-order valence-electron chi connectivity index (χ3n) is 7.44. The van der Waals surface area contributed by atoms with Gasteiger partial charge in [0.1, 0.15) is 0 Å². The third kappa shape index (κ3) is 6.08. The number of carbonyl (C=O) groups excluding carboxylic acids is 1. The van der Waals surface area contributed by atoms with Crippen LogP contribution in [0.5, 0.6) is 0 Å². The summed E-state index contributed by atoms with van der Waals surface area (Å²) in [5.74, 6) is -0.00832. The number of ketones is 1. The van der Waals surface area contributed by atoms with Gasteiger partial charge in [0.2, 0.25) is 0 Å². The van der Waals surface area contributed by atoms with Gasteiger partial charge in [-0.25, -0.2) is 0 Å². The van der Waals surface area contributed by atoms with E-state index in [1.165, 1.54) is 44.2 Å². The Morgan fingerprint density at radius 2 is 1.65 bits per heavy atom. The van der Waals surface area contributed by atoms with Crippen molar-refractivity contribution in [1.29, 1.82) is 0 Å². The molecule has 34 heavy (non-hydrogen) atoms. The van der Waals surface area contributed by atoms with Crippen molar-refractivity contribution < 1.29 is 18.0 Å². The Morgan fingerprint density at radius 3 is 2.29 bits per heavy atom. The number of piperazine rings is 1. The minimum Gasteiger partial charge on any atom is -0.298 e. The van der Waals surface area contributed by atoms with E-state index in [-0.39, 0.29) is 24.2 Å². The molecule has 3 nitrogen and oxygen atoms in total. The van der Waals surface area contributed by atoms with Crippen LogP contribution in [-0.4, -0.2) is 47.8 Å². The molecule has 1 unspecified atom stereocenters. The minimum atomic E-state index is -4.42. The molecule has 2 aliphatic rings. The number of aryl methyl sites for hydroxylation is 2. The summed E-state index contributed by atoms with van der Waals surface area (Å²) in [5, 5.41) is 0. The summed E-state index contributed by atoms with van der Waals surface area (Å²) in [5.41, 5.74) is 1.07. The fraction of sp³-hybridized carbons (Fsp3) is 0.536. The standard InChI is InChI=1S/C28H35F3N2O/c1-21-12-13-22(25(20-21)28(29,30)31)14-15-26(34)27(23-8-4-2-5-9-23)33-18-16-32(17-19-33)24-10-6-3-7-11-24/h2,4-5,8-9,12-13,20,24,27H,3,6-7,10-11,14-19H2,1H3. The topological polar surface area (TPSA) is 23.6 Å². The second kappa shape index (κ2) is 11.0. The molecule has 6 heteroatoms. The first-order chi connectivity index (χ1) is 16.3. The van der Waals surface area contributed by atoms with Gasteiger partial charge in [-0.1, -0.05) is 67.3 Å². The van der Waals surface area contributed by atoms with Crippen molar-refractivity contribution in [3.05, 3.63) is 70.8 Å². The Labute approximate surface area is 200 Å². The lowest BCUT2D eigenvalue weighted by molar-refractivity contribution is -0.138. The molecule has 1 aliphatic heterocycles. The molecule has 1 atom stereocenters. The first-order valence-electron chi connectivity index (χ1n) is 12.6. The molecule has 2 aromatic rings. The summed E-state index contributed by atoms with van der Waals surface area (Å²) >= 11 is 0. The molecule has 4 rings (SSSR count). The van der Waals surface area contributed by atoms with Crippen LogP contribution in [-0.2, 0) is 17.4 Å². The number of carbonyl (C=O) groups is 1. The van der Waals surface area contributed by atoms with Crippen LogP contribution in [0.2, 0.25) is 0 Å². The highest BCUT2D eigenvalue weighted by Gasteiger charge is 2.35. The molecule has 0 spiro atoms. The van der Waals surface area contributed by atoms with Gasteiger partial charge in [0, 0.05) is 38.6 Å². The van der Waals surface area contributed by atoms with Gasteiger partial charge in [-0.15, -0.1) is 0 Å². The molecule has 2 aromatic carbocycles. The third-order valence-corrected chi connectivity index (χ3v) is 7.44. The predicted octanol–water partition coefficient (Wildman–Crippen LogP) is 6.21. The lowest BCUT2D eigenvalue weighted by Crippen LogP contribution is -2.52. The van der Waals surface area contributed by atoms with E-state index in [0.717, 1.165) is 31.7 Å². The summed E-state index contributed by atoms with van der Waals surface area (Å²) in [6.45, 7) is 5.15. The van der Waals surface area contributed by atoms with Gasteiger partial charge in [0.15, 0.2) is 5.78 Å². The highest BCUT2D eigenvalue weighted by atomic mass is 19.4. The fourth-order valence-electron chi connectivity index (χ4n) is 5.61. The van der Waals surface area contributed by atoms with Gasteiger partial charge in [0.05, 0.1) is 11.6 Å². The van der Waals surface area contributed by atoms with Gasteiger partial charge >= 0.3 is 6.18 Å². The number of halogens is 3. The zero-order valence-corrected chi connectivity index (χ0v) is 20.0. The molecule has 0 amide bonds. The number of Topliss-reactive ketones (excluding diaryl/α,β-unsaturated/α-hetero) is 1. The molecule has 184 valence electrons. The monoisotopic (exact) mass is 472 g/mol. The van der Waals surface area contributed by atoms with E-state index in [2.05, 4.69) is 9.80 Å². The minimum absolute atomic E-state index is 0.00832. The molecule has 0 aromatic heterocycles. The number of nitrogens with zero attached hydrogens (tertiary/aromatic N) is 2. The lowest BCUT2D eigenvalue weighted by atomic mass is 9.92. The van der Waals surface area contributed by atoms with Crippen LogP contribution in [0.25, 0.3) is 0 Å². The van der Waals surface area contributed by atoms with Gasteiger partial charge in [-0.05, 0) is 43.4 Å². The van der Waals surface area contributed by atoms with Crippen molar-refractivity contribution >= 4 is 5.78 Å². The van der Waals surface area contributed by atoms with Crippen LogP contribution < -0.4 is 0 Å². The first kappa shape index (κ1) is 24.9. The second-order valence-corrected chi connectivity index (χ2v) is 9.80. The van der Waals surface area contributed by atoms with Crippen molar-refractivity contribution in [2.24, 2.45) is 0 Å². The molecule has 1 heterocycles. The molecule has 0 bridgehead atoms. The summed E-state index contributed by atoms with van der Waals surface area (Å²) in [7, 11) is 0. The number of alkyl halides is 3. The van der Waals surface area contributed by atoms with Gasteiger partial charge in [-0.3, -0.25) is 14.6 Å². The molecule has 0 N–H and O–H groups in total. The zero-order chi connectivity index (χ0) is 24.1. The molecule has 1 aliphatic carbocycles. The Morgan fingerprint density at radius 1 is 0.971 bits per heavy atom. The fourth-order valence-corrected chi connectivity index (χ4v) is 5.61. The molecule has 1 saturated carbocycles. The Kier molecular flexibility index (Phi) is 8.10. The quantitative estimate of drug-likeness (QED) is 0.479. The average Bonchev–Trinajstić information content (AvgIpc) is 2.84. The molecule has 2 fully saturated rings. The Hall–Kier alpha value is -2.18. The highest BCUT2D eigenvalue weighted by molar-refractivity contribution is 5.85. The summed E-state index contributed by atoms with van der Waals surface area (Å²) in [6, 6.07) is 14.3. The van der Waals surface area contributed by atoms with E-state index in [0.29, 0.717) is 11.6 Å². The number of benzene rings is 2. The van der Waals surface area contributed by atoms with E-state index in [1.807, 2.05) is 30.3 Å². The van der Waals surface area contributed by atoms with Crippen LogP contribution in [0.15, 0.2) is 48.5 Å². The van der Waals surface area contributed by atoms with E-state index in [1.54, 1.807) is 13.0 Å². The zero-order valence-electron chi connectivity index (χ0n) is 20.0. The van der Waals surface area contributed by atoms with E-state index >= 15 is 0 Å². The molecular weight excluding hydrogens is 437 g/mol. The number of hydrogen-bond acceptors (Lipinski definition) is 3. The number of rotatable bonds is 7. The average molecular weight is 473 g/mol. The van der Waals surface area contributed by atoms with Crippen molar-refractivity contribution in [2.75, 3.05) is 26.2 Å². The van der Waals surface area contributed by atoms with Crippen molar-refractivity contribution in [3.8, 4) is 0 Å². The maximum absolute atomic E-state index is 13.6. The lowest BCUT2D eigenvalue weighted by Gasteiger charge is -2.43. The van der Waals surface area contributed by atoms with Crippen LogP contribution in [0.3, 0.4) is 0 Å². The van der Waals surface area contributed by atoms with E-state index in [4.69, 9.17) is 0 Å². The molecule has 0 radical (unpaired) electrons. The summed E-state index contributed by atoms with van der Waals surface area (Å²) in [4.78, 5) is 18.3.